The predicted molar refractivity (Wildman–Crippen MR) is 92.7 cm³/mol. The highest BCUT2D eigenvalue weighted by atomic mass is 35.5. The third kappa shape index (κ3) is 4.94. The molecule has 0 radical (unpaired) electrons. The van der Waals surface area contributed by atoms with Gasteiger partial charge in [0.2, 0.25) is 5.82 Å². The van der Waals surface area contributed by atoms with Crippen LogP contribution in [0.4, 0.5) is 0 Å². The molecule has 0 saturated carbocycles. The molecule has 1 saturated heterocycles. The lowest BCUT2D eigenvalue weighted by Gasteiger charge is -2.22. The van der Waals surface area contributed by atoms with Crippen LogP contribution >= 0.6 is 12.4 Å². The number of nitrogens with one attached hydrogen (secondary N) is 2. The van der Waals surface area contributed by atoms with Crippen LogP contribution in [0.5, 0.6) is 5.75 Å². The van der Waals surface area contributed by atoms with Crippen LogP contribution in [0.15, 0.2) is 36.7 Å². The molecule has 0 bridgehead atoms. The van der Waals surface area contributed by atoms with E-state index in [1.54, 1.807) is 11.0 Å². The monoisotopic (exact) mass is 351 g/mol. The average molecular weight is 352 g/mol. The van der Waals surface area contributed by atoms with E-state index < -0.39 is 0 Å². The Morgan fingerprint density at radius 2 is 2.21 bits per heavy atom. The normalized spacial score (nSPS) is 16.9. The molecular weight excluding hydrogens is 330 g/mol. The van der Waals surface area contributed by atoms with Gasteiger partial charge in [-0.05, 0) is 31.5 Å². The van der Waals surface area contributed by atoms with Crippen LogP contribution in [-0.2, 0) is 0 Å². The first kappa shape index (κ1) is 18.2. The van der Waals surface area contributed by atoms with Crippen LogP contribution in [0.3, 0.4) is 0 Å². The van der Waals surface area contributed by atoms with Crippen molar-refractivity contribution < 1.29 is 9.53 Å². The molecule has 1 aliphatic rings. The molecule has 24 heavy (non-hydrogen) atoms. The molecular formula is C16H22ClN5O2. The molecule has 2 aromatic rings. The van der Waals surface area contributed by atoms with Gasteiger partial charge in [0.05, 0.1) is 12.6 Å². The van der Waals surface area contributed by atoms with Gasteiger partial charge in [0.15, 0.2) is 0 Å². The highest BCUT2D eigenvalue weighted by Gasteiger charge is 2.18. The molecule has 0 spiro atoms. The molecule has 3 rings (SSSR count). The summed E-state index contributed by atoms with van der Waals surface area (Å²) in [6.07, 6.45) is 3.80. The van der Waals surface area contributed by atoms with Crippen molar-refractivity contribution in [2.24, 2.45) is 0 Å². The van der Waals surface area contributed by atoms with Crippen LogP contribution in [-0.4, -0.2) is 46.9 Å². The van der Waals surface area contributed by atoms with E-state index >= 15 is 0 Å². The molecule has 2 N–H and O–H groups in total. The topological polar surface area (TPSA) is 81.1 Å². The van der Waals surface area contributed by atoms with Gasteiger partial charge in [0.25, 0.3) is 5.91 Å². The van der Waals surface area contributed by atoms with Crippen molar-refractivity contribution in [2.45, 2.75) is 18.9 Å². The number of benzene rings is 1. The van der Waals surface area contributed by atoms with Crippen molar-refractivity contribution in [3.8, 4) is 5.75 Å². The zero-order valence-corrected chi connectivity index (χ0v) is 14.2. The number of hydrogen-bond donors (Lipinski definition) is 2. The number of aromatic nitrogens is 3. The molecule has 1 aromatic carbocycles. The van der Waals surface area contributed by atoms with Crippen LogP contribution in [0.25, 0.3) is 0 Å². The van der Waals surface area contributed by atoms with E-state index in [0.717, 1.165) is 31.7 Å². The van der Waals surface area contributed by atoms with Crippen molar-refractivity contribution in [1.29, 1.82) is 0 Å². The maximum atomic E-state index is 12.0. The van der Waals surface area contributed by atoms with Crippen molar-refractivity contribution in [2.75, 3.05) is 26.2 Å². The lowest BCUT2D eigenvalue weighted by atomic mass is 10.1. The Morgan fingerprint density at radius 1 is 1.38 bits per heavy atom. The van der Waals surface area contributed by atoms with E-state index in [0.29, 0.717) is 13.2 Å². The van der Waals surface area contributed by atoms with Gasteiger partial charge in [0, 0.05) is 6.54 Å². The molecule has 8 heteroatoms. The van der Waals surface area contributed by atoms with E-state index in [-0.39, 0.29) is 30.2 Å². The highest BCUT2D eigenvalue weighted by molar-refractivity contribution is 5.90. The number of piperidine rings is 1. The van der Waals surface area contributed by atoms with Crippen molar-refractivity contribution in [1.82, 2.24) is 25.4 Å². The van der Waals surface area contributed by atoms with Gasteiger partial charge < -0.3 is 15.4 Å². The largest absolute Gasteiger partial charge is 0.492 e. The molecule has 1 fully saturated rings. The Kier molecular flexibility index (Phi) is 7.02. The fourth-order valence-electron chi connectivity index (χ4n) is 2.54. The second-order valence-electron chi connectivity index (χ2n) is 5.47. The molecule has 1 atom stereocenters. The number of nitrogens with zero attached hydrogens (tertiary/aromatic N) is 3. The van der Waals surface area contributed by atoms with E-state index in [1.165, 1.54) is 0 Å². The minimum absolute atomic E-state index is 0. The van der Waals surface area contributed by atoms with Gasteiger partial charge in [-0.1, -0.05) is 18.2 Å². The molecule has 7 nitrogen and oxygen atoms in total. The van der Waals surface area contributed by atoms with Gasteiger partial charge in [-0.2, -0.15) is 0 Å². The van der Waals surface area contributed by atoms with E-state index in [1.807, 2.05) is 30.3 Å². The summed E-state index contributed by atoms with van der Waals surface area (Å²) in [5.41, 5.74) is 0. The number of halogens is 1. The van der Waals surface area contributed by atoms with Crippen molar-refractivity contribution in [3.63, 3.8) is 0 Å². The van der Waals surface area contributed by atoms with E-state index in [2.05, 4.69) is 20.7 Å². The SMILES string of the molecule is Cl.O=C(NCCOc1ccccc1)c1ncn(C2CCCNC2)n1. The number of amides is 1. The number of carbonyl (C=O) groups is 1. The number of rotatable bonds is 6. The quantitative estimate of drug-likeness (QED) is 0.769. The van der Waals surface area contributed by atoms with E-state index in [4.69, 9.17) is 4.74 Å². The first-order chi connectivity index (χ1) is 11.3. The molecule has 2 heterocycles. The maximum absolute atomic E-state index is 12.0. The Morgan fingerprint density at radius 3 is 2.96 bits per heavy atom. The number of para-hydroxylation sites is 1. The fourth-order valence-corrected chi connectivity index (χ4v) is 2.54. The minimum atomic E-state index is -0.274. The highest BCUT2D eigenvalue weighted by Crippen LogP contribution is 2.14. The van der Waals surface area contributed by atoms with Crippen LogP contribution < -0.4 is 15.4 Å². The summed E-state index contributed by atoms with van der Waals surface area (Å²) in [5, 5.41) is 10.4. The first-order valence-electron chi connectivity index (χ1n) is 7.91. The van der Waals surface area contributed by atoms with Crippen LogP contribution in [0, 0.1) is 0 Å². The number of carbonyl (C=O) groups excluding carboxylic acids is 1. The summed E-state index contributed by atoms with van der Waals surface area (Å²) in [7, 11) is 0. The summed E-state index contributed by atoms with van der Waals surface area (Å²) in [6, 6.07) is 9.78. The summed E-state index contributed by atoms with van der Waals surface area (Å²) in [6.45, 7) is 2.73. The summed E-state index contributed by atoms with van der Waals surface area (Å²) in [4.78, 5) is 16.1. The third-order valence-electron chi connectivity index (χ3n) is 3.76. The van der Waals surface area contributed by atoms with Gasteiger partial charge >= 0.3 is 0 Å². The summed E-state index contributed by atoms with van der Waals surface area (Å²) < 4.78 is 7.30. The van der Waals surface area contributed by atoms with Gasteiger partial charge in [0.1, 0.15) is 18.7 Å². The molecule has 1 unspecified atom stereocenters. The standard InChI is InChI=1S/C16H21N5O2.ClH/c22-16(18-9-10-23-14-6-2-1-3-7-14)15-19-12-21(20-15)13-5-4-8-17-11-13;/h1-3,6-7,12-13,17H,4-5,8-11H2,(H,18,22);1H. The predicted octanol–water partition coefficient (Wildman–Crippen LogP) is 1.43. The number of ether oxygens (including phenoxy) is 1. The molecule has 0 aliphatic carbocycles. The molecule has 1 aromatic heterocycles. The second-order valence-corrected chi connectivity index (χ2v) is 5.47. The zero-order valence-electron chi connectivity index (χ0n) is 13.4. The summed E-state index contributed by atoms with van der Waals surface area (Å²) >= 11 is 0. The smallest absolute Gasteiger partial charge is 0.291 e. The van der Waals surface area contributed by atoms with Crippen LogP contribution in [0.2, 0.25) is 0 Å². The molecule has 1 aliphatic heterocycles. The zero-order chi connectivity index (χ0) is 15.9. The van der Waals surface area contributed by atoms with Gasteiger partial charge in [-0.3, -0.25) is 4.79 Å². The molecule has 130 valence electrons. The van der Waals surface area contributed by atoms with Gasteiger partial charge in [-0.15, -0.1) is 17.5 Å². The third-order valence-corrected chi connectivity index (χ3v) is 3.76. The average Bonchev–Trinajstić information content (AvgIpc) is 3.10. The maximum Gasteiger partial charge on any atom is 0.291 e. The number of hydrogen-bond acceptors (Lipinski definition) is 5. The van der Waals surface area contributed by atoms with Crippen LogP contribution in [0.1, 0.15) is 29.5 Å². The van der Waals surface area contributed by atoms with Crippen molar-refractivity contribution in [3.05, 3.63) is 42.5 Å². The fraction of sp³-hybridized carbons (Fsp3) is 0.438. The lowest BCUT2D eigenvalue weighted by molar-refractivity contribution is 0.0936. The Balaban J connectivity index is 0.00000208. The Labute approximate surface area is 147 Å². The Hall–Kier alpha value is -2.12. The Bertz CT molecular complexity index is 628. The minimum Gasteiger partial charge on any atom is -0.492 e. The lowest BCUT2D eigenvalue weighted by Crippen LogP contribution is -2.32. The second kappa shape index (κ2) is 9.24. The summed E-state index contributed by atoms with van der Waals surface area (Å²) in [5.74, 6) is 0.716. The molecule has 1 amide bonds. The van der Waals surface area contributed by atoms with E-state index in [9.17, 15) is 4.79 Å². The first-order valence-corrected chi connectivity index (χ1v) is 7.91. The van der Waals surface area contributed by atoms with Crippen molar-refractivity contribution >= 4 is 18.3 Å². The van der Waals surface area contributed by atoms with Gasteiger partial charge in [-0.25, -0.2) is 9.67 Å².